The molecule has 0 radical (unpaired) electrons. The van der Waals surface area contributed by atoms with Gasteiger partial charge in [0.25, 0.3) is 0 Å². The van der Waals surface area contributed by atoms with Crippen molar-refractivity contribution >= 4 is 69.3 Å². The van der Waals surface area contributed by atoms with E-state index in [9.17, 15) is 4.79 Å². The maximum atomic E-state index is 12.1. The number of thiol groups is 1. The van der Waals surface area contributed by atoms with Gasteiger partial charge in [0.2, 0.25) is 0 Å². The first-order valence-electron chi connectivity index (χ1n) is 9.42. The minimum Gasteiger partial charge on any atom is -0.368 e. The van der Waals surface area contributed by atoms with Crippen molar-refractivity contribution in [3.05, 3.63) is 52.9 Å². The highest BCUT2D eigenvalue weighted by Crippen LogP contribution is 2.22. The van der Waals surface area contributed by atoms with Gasteiger partial charge < -0.3 is 10.6 Å². The second-order valence-corrected chi connectivity index (χ2v) is 8.44. The molecule has 0 atom stereocenters. The second-order valence-electron chi connectivity index (χ2n) is 6.45. The van der Waals surface area contributed by atoms with E-state index in [2.05, 4.69) is 48.6 Å². The van der Waals surface area contributed by atoms with Crippen LogP contribution < -0.4 is 16.0 Å². The van der Waals surface area contributed by atoms with E-state index in [1.54, 1.807) is 36.7 Å². The third kappa shape index (κ3) is 5.43. The van der Waals surface area contributed by atoms with E-state index in [1.165, 1.54) is 17.7 Å². The topological polar surface area (TPSA) is 110 Å². The molecular weight excluding hydrogens is 456 g/mol. The summed E-state index contributed by atoms with van der Waals surface area (Å²) in [5, 5.41) is 14.2. The number of hydrogen-bond donors (Lipinski definition) is 4. The summed E-state index contributed by atoms with van der Waals surface area (Å²) < 4.78 is 1.85. The van der Waals surface area contributed by atoms with Gasteiger partial charge in [-0.3, -0.25) is 10.00 Å². The van der Waals surface area contributed by atoms with Gasteiger partial charge in [0, 0.05) is 40.5 Å². The molecular formula is C19H19ClN8OS2. The van der Waals surface area contributed by atoms with Crippen molar-refractivity contribution < 1.29 is 4.79 Å². The SMILES string of the molecule is O=C(Nc1cccc(Cl)c1)Nc1ncc(CCNc2ncnc3cnn(CCS)c23)s1. The second kappa shape index (κ2) is 9.94. The molecule has 0 fully saturated rings. The van der Waals surface area contributed by atoms with E-state index < -0.39 is 0 Å². The molecule has 3 aromatic heterocycles. The van der Waals surface area contributed by atoms with Crippen LogP contribution in [0.5, 0.6) is 0 Å². The minimum absolute atomic E-state index is 0.373. The summed E-state index contributed by atoms with van der Waals surface area (Å²) >= 11 is 11.6. The smallest absolute Gasteiger partial charge is 0.325 e. The van der Waals surface area contributed by atoms with Crippen molar-refractivity contribution in [3.63, 3.8) is 0 Å². The third-order valence-electron chi connectivity index (χ3n) is 4.26. The normalized spacial score (nSPS) is 10.9. The number of hydrogen-bond acceptors (Lipinski definition) is 8. The minimum atomic E-state index is -0.373. The number of aromatic nitrogens is 5. The van der Waals surface area contributed by atoms with Gasteiger partial charge in [-0.25, -0.2) is 19.7 Å². The zero-order valence-electron chi connectivity index (χ0n) is 16.2. The standard InChI is InChI=1S/C19H19ClN8OS2/c20-12-2-1-3-13(8-12)26-18(29)27-19-22-9-14(31-19)4-5-21-17-16-15(23-11-24-17)10-25-28(16)6-7-30/h1-3,8-11,30H,4-7H2,(H,21,23,24)(H2,22,26,27,29). The summed E-state index contributed by atoms with van der Waals surface area (Å²) in [6.07, 6.45) is 5.72. The van der Waals surface area contributed by atoms with E-state index in [4.69, 9.17) is 11.6 Å². The molecule has 31 heavy (non-hydrogen) atoms. The van der Waals surface area contributed by atoms with E-state index in [-0.39, 0.29) is 6.03 Å². The lowest BCUT2D eigenvalue weighted by molar-refractivity contribution is 0.262. The first-order chi connectivity index (χ1) is 15.1. The number of halogens is 1. The number of rotatable bonds is 8. The summed E-state index contributed by atoms with van der Waals surface area (Å²) in [6.45, 7) is 1.32. The molecule has 3 N–H and O–H groups in total. The summed E-state index contributed by atoms with van der Waals surface area (Å²) in [5.41, 5.74) is 2.26. The first kappa shape index (κ1) is 21.3. The Balaban J connectivity index is 1.32. The third-order valence-corrected chi connectivity index (χ3v) is 5.67. The van der Waals surface area contributed by atoms with Crippen LogP contribution in [0, 0.1) is 0 Å². The largest absolute Gasteiger partial charge is 0.368 e. The van der Waals surface area contributed by atoms with Crippen LogP contribution in [0.4, 0.5) is 21.4 Å². The molecule has 0 saturated heterocycles. The van der Waals surface area contributed by atoms with Crippen molar-refractivity contribution in [1.82, 2.24) is 24.7 Å². The molecule has 160 valence electrons. The van der Waals surface area contributed by atoms with Crippen molar-refractivity contribution in [3.8, 4) is 0 Å². The zero-order chi connectivity index (χ0) is 21.6. The molecule has 0 unspecified atom stereocenters. The molecule has 0 aliphatic carbocycles. The highest BCUT2D eigenvalue weighted by atomic mass is 35.5. The fourth-order valence-corrected chi connectivity index (χ4v) is 4.11. The summed E-state index contributed by atoms with van der Waals surface area (Å²) in [6, 6.07) is 6.57. The lowest BCUT2D eigenvalue weighted by atomic mass is 10.3. The van der Waals surface area contributed by atoms with E-state index >= 15 is 0 Å². The highest BCUT2D eigenvalue weighted by molar-refractivity contribution is 7.80. The van der Waals surface area contributed by atoms with Crippen molar-refractivity contribution in [2.24, 2.45) is 0 Å². The predicted octanol–water partition coefficient (Wildman–Crippen LogP) is 4.16. The summed E-state index contributed by atoms with van der Waals surface area (Å²) in [4.78, 5) is 26.0. The number of fused-ring (bicyclic) bond motifs is 1. The lowest BCUT2D eigenvalue weighted by Crippen LogP contribution is -2.19. The van der Waals surface area contributed by atoms with Crippen LogP contribution in [0.25, 0.3) is 11.0 Å². The number of carbonyl (C=O) groups is 1. The van der Waals surface area contributed by atoms with Crippen LogP contribution in [0.2, 0.25) is 5.02 Å². The van der Waals surface area contributed by atoms with Gasteiger partial charge in [0.15, 0.2) is 10.9 Å². The molecule has 0 spiro atoms. The Kier molecular flexibility index (Phi) is 6.85. The zero-order valence-corrected chi connectivity index (χ0v) is 18.7. The molecule has 4 rings (SSSR count). The maximum Gasteiger partial charge on any atom is 0.325 e. The Morgan fingerprint density at radius 3 is 2.94 bits per heavy atom. The Bertz CT molecular complexity index is 1190. The monoisotopic (exact) mass is 474 g/mol. The number of amides is 2. The Labute approximate surface area is 192 Å². The Morgan fingerprint density at radius 2 is 2.10 bits per heavy atom. The van der Waals surface area contributed by atoms with E-state index in [1.807, 2.05) is 4.68 Å². The molecule has 1 aromatic carbocycles. The van der Waals surface area contributed by atoms with Gasteiger partial charge in [-0.1, -0.05) is 17.7 Å². The Hall–Kier alpha value is -2.89. The first-order valence-corrected chi connectivity index (χ1v) is 11.2. The molecule has 2 amide bonds. The molecule has 3 heterocycles. The van der Waals surface area contributed by atoms with Crippen LogP contribution in [-0.2, 0) is 13.0 Å². The fraction of sp³-hybridized carbons (Fsp3) is 0.211. The number of nitrogens with one attached hydrogen (secondary N) is 3. The molecule has 0 bridgehead atoms. The number of anilines is 3. The van der Waals surface area contributed by atoms with Gasteiger partial charge in [-0.15, -0.1) is 11.3 Å². The molecule has 0 aliphatic rings. The number of urea groups is 1. The predicted molar refractivity (Wildman–Crippen MR) is 128 cm³/mol. The number of carbonyl (C=O) groups excluding carboxylic acids is 1. The average molecular weight is 475 g/mol. The Morgan fingerprint density at radius 1 is 1.19 bits per heavy atom. The average Bonchev–Trinajstić information content (AvgIpc) is 3.36. The molecule has 12 heteroatoms. The van der Waals surface area contributed by atoms with E-state index in [0.717, 1.165) is 28.1 Å². The molecule has 9 nitrogen and oxygen atoms in total. The van der Waals surface area contributed by atoms with Crippen LogP contribution in [-0.4, -0.2) is 43.1 Å². The van der Waals surface area contributed by atoms with Crippen molar-refractivity contribution in [2.75, 3.05) is 28.2 Å². The van der Waals surface area contributed by atoms with Crippen LogP contribution in [0.15, 0.2) is 43.0 Å². The molecule has 0 saturated carbocycles. The number of aryl methyl sites for hydroxylation is 1. The van der Waals surface area contributed by atoms with E-state index in [0.29, 0.717) is 34.7 Å². The van der Waals surface area contributed by atoms with Crippen LogP contribution >= 0.6 is 35.6 Å². The van der Waals surface area contributed by atoms with Gasteiger partial charge in [-0.2, -0.15) is 17.7 Å². The fourth-order valence-electron chi connectivity index (χ4n) is 2.93. The summed E-state index contributed by atoms with van der Waals surface area (Å²) in [7, 11) is 0. The van der Waals surface area contributed by atoms with Crippen molar-refractivity contribution in [1.29, 1.82) is 0 Å². The number of nitrogens with zero attached hydrogens (tertiary/aromatic N) is 5. The summed E-state index contributed by atoms with van der Waals surface area (Å²) in [5.74, 6) is 1.40. The maximum absolute atomic E-state index is 12.1. The van der Waals surface area contributed by atoms with Gasteiger partial charge in [-0.05, 0) is 18.2 Å². The highest BCUT2D eigenvalue weighted by Gasteiger charge is 2.11. The van der Waals surface area contributed by atoms with Crippen LogP contribution in [0.1, 0.15) is 4.88 Å². The van der Waals surface area contributed by atoms with Gasteiger partial charge in [0.1, 0.15) is 17.4 Å². The lowest BCUT2D eigenvalue weighted by Gasteiger charge is -2.08. The number of benzene rings is 1. The van der Waals surface area contributed by atoms with Crippen molar-refractivity contribution in [2.45, 2.75) is 13.0 Å². The van der Waals surface area contributed by atoms with Gasteiger partial charge in [0.05, 0.1) is 12.7 Å². The quantitative estimate of drug-likeness (QED) is 0.285. The molecule has 0 aliphatic heterocycles. The van der Waals surface area contributed by atoms with Crippen LogP contribution in [0.3, 0.4) is 0 Å². The van der Waals surface area contributed by atoms with Gasteiger partial charge >= 0.3 is 6.03 Å². The number of thiazole rings is 1. The molecule has 4 aromatic rings.